The fourth-order valence-corrected chi connectivity index (χ4v) is 0.589. The van der Waals surface area contributed by atoms with Gasteiger partial charge in [0.2, 0.25) is 0 Å². The van der Waals surface area contributed by atoms with Crippen molar-refractivity contribution in [3.8, 4) is 0 Å². The van der Waals surface area contributed by atoms with E-state index in [1.807, 2.05) is 36.4 Å². The standard InChI is InChI=1S/C8H8.Sn.2H/c1-2-8-6-4-3-5-7-8;;;/h2-7H,1H2;;;. The predicted molar refractivity (Wildman–Crippen MR) is 45.1 cm³/mol. The maximum absolute atomic E-state index is 3.63. The summed E-state index contributed by atoms with van der Waals surface area (Å²) >= 11 is 0. The minimum absolute atomic E-state index is 0. The molecule has 0 N–H and O–H groups in total. The van der Waals surface area contributed by atoms with Crippen molar-refractivity contribution in [3.05, 3.63) is 42.5 Å². The molecular formula is C8H10Sn. The first kappa shape index (κ1) is 8.76. The van der Waals surface area contributed by atoms with Crippen LogP contribution in [-0.4, -0.2) is 23.9 Å². The van der Waals surface area contributed by atoms with Crippen LogP contribution in [0.1, 0.15) is 5.56 Å². The van der Waals surface area contributed by atoms with Crippen LogP contribution in [0.25, 0.3) is 6.08 Å². The summed E-state index contributed by atoms with van der Waals surface area (Å²) in [5.74, 6) is 0. The Bertz CT molecular complexity index is 167. The van der Waals surface area contributed by atoms with Gasteiger partial charge < -0.3 is 0 Å². The van der Waals surface area contributed by atoms with Crippen LogP contribution >= 0.6 is 0 Å². The molecule has 0 bridgehead atoms. The van der Waals surface area contributed by atoms with E-state index in [1.54, 1.807) is 0 Å². The third-order valence-electron chi connectivity index (χ3n) is 1.04. The van der Waals surface area contributed by atoms with Gasteiger partial charge in [-0.25, -0.2) is 0 Å². The van der Waals surface area contributed by atoms with Crippen LogP contribution in [0.5, 0.6) is 0 Å². The summed E-state index contributed by atoms with van der Waals surface area (Å²) in [5, 5.41) is 0. The van der Waals surface area contributed by atoms with Gasteiger partial charge in [0.25, 0.3) is 0 Å². The van der Waals surface area contributed by atoms with E-state index in [1.165, 1.54) is 5.56 Å². The summed E-state index contributed by atoms with van der Waals surface area (Å²) < 4.78 is 0. The number of benzene rings is 1. The van der Waals surface area contributed by atoms with Crippen LogP contribution in [0.2, 0.25) is 0 Å². The normalized spacial score (nSPS) is 7.56. The van der Waals surface area contributed by atoms with Gasteiger partial charge in [-0.15, -0.1) is 0 Å². The molecule has 1 aromatic rings. The van der Waals surface area contributed by atoms with E-state index in [9.17, 15) is 0 Å². The molecule has 9 heavy (non-hydrogen) atoms. The third kappa shape index (κ3) is 2.70. The van der Waals surface area contributed by atoms with E-state index in [0.717, 1.165) is 0 Å². The summed E-state index contributed by atoms with van der Waals surface area (Å²) in [7, 11) is 0. The molecule has 1 rings (SSSR count). The zero-order valence-electron chi connectivity index (χ0n) is 5.38. The molecule has 0 aliphatic heterocycles. The van der Waals surface area contributed by atoms with Crippen LogP contribution in [-0.2, 0) is 0 Å². The Hall–Kier alpha value is -0.241. The van der Waals surface area contributed by atoms with E-state index >= 15 is 0 Å². The molecule has 0 saturated carbocycles. The average molecular weight is 225 g/mol. The number of rotatable bonds is 1. The van der Waals surface area contributed by atoms with Gasteiger partial charge in [0, 0.05) is 0 Å². The van der Waals surface area contributed by atoms with Gasteiger partial charge in [-0.2, -0.15) is 0 Å². The van der Waals surface area contributed by atoms with E-state index in [-0.39, 0.29) is 23.9 Å². The quantitative estimate of drug-likeness (QED) is 0.634. The Labute approximate surface area is 72.6 Å². The van der Waals surface area contributed by atoms with Gasteiger partial charge in [-0.05, 0) is 5.56 Å². The van der Waals surface area contributed by atoms with Crippen molar-refractivity contribution in [2.75, 3.05) is 0 Å². The summed E-state index contributed by atoms with van der Waals surface area (Å²) in [4.78, 5) is 0. The predicted octanol–water partition coefficient (Wildman–Crippen LogP) is 1.41. The van der Waals surface area contributed by atoms with Crippen LogP contribution in [0.3, 0.4) is 0 Å². The topological polar surface area (TPSA) is 0 Å². The van der Waals surface area contributed by atoms with Crippen LogP contribution < -0.4 is 0 Å². The van der Waals surface area contributed by atoms with E-state index in [2.05, 4.69) is 6.58 Å². The molecule has 46 valence electrons. The molecule has 0 unspecified atom stereocenters. The SMILES string of the molecule is C=Cc1ccccc1.[SnH2]. The minimum atomic E-state index is 0. The Morgan fingerprint density at radius 3 is 2.00 bits per heavy atom. The van der Waals surface area contributed by atoms with E-state index in [4.69, 9.17) is 0 Å². The summed E-state index contributed by atoms with van der Waals surface area (Å²) in [6.45, 7) is 3.63. The number of hydrogen-bond donors (Lipinski definition) is 0. The Kier molecular flexibility index (Phi) is 4.50. The van der Waals surface area contributed by atoms with Crippen molar-refractivity contribution in [3.63, 3.8) is 0 Å². The zero-order valence-corrected chi connectivity index (χ0v) is 9.41. The molecule has 0 fully saturated rings. The second-order valence-corrected chi connectivity index (χ2v) is 1.61. The molecule has 0 aromatic heterocycles. The van der Waals surface area contributed by atoms with Crippen molar-refractivity contribution in [2.24, 2.45) is 0 Å². The summed E-state index contributed by atoms with van der Waals surface area (Å²) in [6, 6.07) is 10.0. The number of hydrogen-bond acceptors (Lipinski definition) is 0. The summed E-state index contributed by atoms with van der Waals surface area (Å²) in [6.07, 6.45) is 1.83. The van der Waals surface area contributed by atoms with E-state index < -0.39 is 0 Å². The van der Waals surface area contributed by atoms with Crippen molar-refractivity contribution in [2.45, 2.75) is 0 Å². The van der Waals surface area contributed by atoms with Crippen molar-refractivity contribution >= 4 is 30.0 Å². The fraction of sp³-hybridized carbons (Fsp3) is 0. The molecule has 0 atom stereocenters. The molecule has 2 radical (unpaired) electrons. The van der Waals surface area contributed by atoms with Gasteiger partial charge in [0.1, 0.15) is 0 Å². The monoisotopic (exact) mass is 226 g/mol. The van der Waals surface area contributed by atoms with Crippen molar-refractivity contribution in [1.29, 1.82) is 0 Å². The molecule has 1 heteroatoms. The third-order valence-corrected chi connectivity index (χ3v) is 1.04. The van der Waals surface area contributed by atoms with Crippen LogP contribution in [0, 0.1) is 0 Å². The molecule has 0 nitrogen and oxygen atoms in total. The van der Waals surface area contributed by atoms with Crippen LogP contribution in [0.15, 0.2) is 36.9 Å². The second-order valence-electron chi connectivity index (χ2n) is 1.61. The molecule has 0 saturated heterocycles. The van der Waals surface area contributed by atoms with Gasteiger partial charge in [0.15, 0.2) is 0 Å². The molecule has 0 heterocycles. The van der Waals surface area contributed by atoms with Gasteiger partial charge >= 0.3 is 23.9 Å². The molecule has 0 amide bonds. The zero-order chi connectivity index (χ0) is 5.82. The first-order chi connectivity index (χ1) is 3.93. The Morgan fingerprint density at radius 1 is 1.11 bits per heavy atom. The van der Waals surface area contributed by atoms with Gasteiger partial charge in [-0.3, -0.25) is 0 Å². The van der Waals surface area contributed by atoms with E-state index in [0.29, 0.717) is 0 Å². The summed E-state index contributed by atoms with van der Waals surface area (Å²) in [5.41, 5.74) is 1.17. The first-order valence-corrected chi connectivity index (χ1v) is 2.61. The molecule has 1 aromatic carbocycles. The first-order valence-electron chi connectivity index (χ1n) is 2.61. The second kappa shape index (κ2) is 4.62. The van der Waals surface area contributed by atoms with Crippen LogP contribution in [0.4, 0.5) is 0 Å². The maximum atomic E-state index is 3.63. The molecule has 0 aliphatic rings. The fourth-order valence-electron chi connectivity index (χ4n) is 0.589. The van der Waals surface area contributed by atoms with Crippen molar-refractivity contribution in [1.82, 2.24) is 0 Å². The molecular weight excluding hydrogens is 215 g/mol. The Morgan fingerprint density at radius 2 is 1.67 bits per heavy atom. The van der Waals surface area contributed by atoms with Gasteiger partial charge in [0.05, 0.1) is 0 Å². The Balaban J connectivity index is 0.000000640. The van der Waals surface area contributed by atoms with Crippen molar-refractivity contribution < 1.29 is 0 Å². The molecule has 0 spiro atoms. The average Bonchev–Trinajstić information content (AvgIpc) is 1.90. The van der Waals surface area contributed by atoms with Gasteiger partial charge in [-0.1, -0.05) is 43.0 Å². The molecule has 0 aliphatic carbocycles.